The number of nitrogens with zero attached hydrogens (tertiary/aromatic N) is 2. The number of rotatable bonds is 2. The van der Waals surface area contributed by atoms with Crippen LogP contribution < -0.4 is 9.47 Å². The molecule has 1 amide bonds. The van der Waals surface area contributed by atoms with Crippen molar-refractivity contribution in [2.24, 2.45) is 5.10 Å². The first-order chi connectivity index (χ1) is 11.1. The Hall–Kier alpha value is -2.76. The third-order valence-corrected chi connectivity index (χ3v) is 4.03. The maximum atomic E-state index is 11.9. The Balaban J connectivity index is 1.67. The van der Waals surface area contributed by atoms with Crippen molar-refractivity contribution >= 4 is 11.6 Å². The van der Waals surface area contributed by atoms with Crippen LogP contribution in [0, 0.1) is 6.92 Å². The third kappa shape index (κ3) is 2.36. The molecule has 0 fully saturated rings. The summed E-state index contributed by atoms with van der Waals surface area (Å²) in [6.45, 7) is 3.63. The lowest BCUT2D eigenvalue weighted by atomic mass is 10.0. The van der Waals surface area contributed by atoms with Crippen molar-refractivity contribution in [3.63, 3.8) is 0 Å². The highest BCUT2D eigenvalue weighted by Gasteiger charge is 2.33. The Morgan fingerprint density at radius 3 is 2.78 bits per heavy atom. The van der Waals surface area contributed by atoms with Crippen molar-refractivity contribution in [1.82, 2.24) is 5.01 Å². The summed E-state index contributed by atoms with van der Waals surface area (Å²) < 4.78 is 16.4. The summed E-state index contributed by atoms with van der Waals surface area (Å²) in [6.07, 6.45) is 0.603. The number of hydrogen-bond donors (Lipinski definition) is 0. The lowest BCUT2D eigenvalue weighted by Gasteiger charge is -2.17. The van der Waals surface area contributed by atoms with E-state index in [4.69, 9.17) is 13.9 Å². The second-order valence-electron chi connectivity index (χ2n) is 5.65. The fourth-order valence-corrected chi connectivity index (χ4v) is 2.91. The van der Waals surface area contributed by atoms with Crippen LogP contribution in [0.5, 0.6) is 11.5 Å². The molecule has 1 aromatic carbocycles. The number of fused-ring (bicyclic) bond motifs is 1. The van der Waals surface area contributed by atoms with Crippen LogP contribution in [0.3, 0.4) is 0 Å². The minimum Gasteiger partial charge on any atom is -0.464 e. The number of benzene rings is 1. The molecule has 0 bridgehead atoms. The number of hydrogen-bond acceptors (Lipinski definition) is 5. The average Bonchev–Trinajstić information content (AvgIpc) is 3.24. The Kier molecular flexibility index (Phi) is 3.11. The van der Waals surface area contributed by atoms with Crippen LogP contribution in [0.1, 0.15) is 36.5 Å². The van der Waals surface area contributed by atoms with Gasteiger partial charge in [0.1, 0.15) is 17.6 Å². The Labute approximate surface area is 133 Å². The Bertz CT molecular complexity index is 809. The van der Waals surface area contributed by atoms with Gasteiger partial charge in [-0.05, 0) is 37.3 Å². The van der Waals surface area contributed by atoms with E-state index in [2.05, 4.69) is 5.10 Å². The summed E-state index contributed by atoms with van der Waals surface area (Å²) in [5.74, 6) is 2.89. The molecule has 0 aliphatic carbocycles. The zero-order valence-corrected chi connectivity index (χ0v) is 12.9. The van der Waals surface area contributed by atoms with Gasteiger partial charge in [0.05, 0.1) is 5.71 Å². The summed E-state index contributed by atoms with van der Waals surface area (Å²) in [4.78, 5) is 11.9. The first kappa shape index (κ1) is 13.9. The summed E-state index contributed by atoms with van der Waals surface area (Å²) in [5, 5.41) is 5.98. The molecule has 1 aromatic heterocycles. The van der Waals surface area contributed by atoms with Gasteiger partial charge in [-0.15, -0.1) is 0 Å². The zero-order valence-electron chi connectivity index (χ0n) is 12.9. The van der Waals surface area contributed by atoms with Crippen molar-refractivity contribution in [2.75, 3.05) is 6.79 Å². The topological polar surface area (TPSA) is 64.3 Å². The molecule has 6 heteroatoms. The summed E-state index contributed by atoms with van der Waals surface area (Å²) in [5.41, 5.74) is 1.75. The van der Waals surface area contributed by atoms with E-state index in [1.54, 1.807) is 0 Å². The highest BCUT2D eigenvalue weighted by molar-refractivity contribution is 6.03. The van der Waals surface area contributed by atoms with Gasteiger partial charge in [0.15, 0.2) is 11.5 Å². The molecule has 118 valence electrons. The van der Waals surface area contributed by atoms with Gasteiger partial charge in [-0.1, -0.05) is 0 Å². The highest BCUT2D eigenvalue weighted by Crippen LogP contribution is 2.37. The van der Waals surface area contributed by atoms with E-state index in [0.29, 0.717) is 12.2 Å². The first-order valence-corrected chi connectivity index (χ1v) is 7.45. The molecule has 1 unspecified atom stereocenters. The van der Waals surface area contributed by atoms with Gasteiger partial charge in [0, 0.05) is 18.9 Å². The van der Waals surface area contributed by atoms with Crippen LogP contribution in [0.15, 0.2) is 39.9 Å². The summed E-state index contributed by atoms with van der Waals surface area (Å²) in [7, 11) is 0. The molecule has 0 saturated heterocycles. The van der Waals surface area contributed by atoms with E-state index < -0.39 is 0 Å². The van der Waals surface area contributed by atoms with Gasteiger partial charge < -0.3 is 13.9 Å². The van der Waals surface area contributed by atoms with E-state index in [1.807, 2.05) is 37.3 Å². The van der Waals surface area contributed by atoms with E-state index >= 15 is 0 Å². The van der Waals surface area contributed by atoms with Crippen LogP contribution >= 0.6 is 0 Å². The Morgan fingerprint density at radius 1 is 1.22 bits per heavy atom. The average molecular weight is 312 g/mol. The monoisotopic (exact) mass is 312 g/mol. The van der Waals surface area contributed by atoms with Gasteiger partial charge in [-0.3, -0.25) is 4.79 Å². The van der Waals surface area contributed by atoms with Gasteiger partial charge in [-0.25, -0.2) is 5.01 Å². The van der Waals surface area contributed by atoms with Crippen LogP contribution in [0.2, 0.25) is 0 Å². The maximum absolute atomic E-state index is 11.9. The van der Waals surface area contributed by atoms with Gasteiger partial charge in [-0.2, -0.15) is 5.10 Å². The number of carbonyl (C=O) groups excluding carboxylic acids is 1. The predicted molar refractivity (Wildman–Crippen MR) is 82.4 cm³/mol. The standard InChI is InChI=1S/C17H16N2O4/c1-10-3-5-15(23-10)14-8-13(18-19(14)11(2)20)12-4-6-16-17(7-12)22-9-21-16/h3-7,14H,8-9H2,1-2H3. The molecule has 2 aliphatic rings. The van der Waals surface area contributed by atoms with Crippen LogP contribution in [-0.4, -0.2) is 23.4 Å². The number of amides is 1. The first-order valence-electron chi connectivity index (χ1n) is 7.45. The molecule has 6 nitrogen and oxygen atoms in total. The van der Waals surface area contributed by atoms with Gasteiger partial charge in [0.2, 0.25) is 12.7 Å². The molecule has 0 N–H and O–H groups in total. The van der Waals surface area contributed by atoms with E-state index in [-0.39, 0.29) is 18.7 Å². The van der Waals surface area contributed by atoms with Crippen LogP contribution in [-0.2, 0) is 4.79 Å². The molecule has 1 atom stereocenters. The third-order valence-electron chi connectivity index (χ3n) is 4.03. The normalized spacial score (nSPS) is 19.1. The molecular weight excluding hydrogens is 296 g/mol. The van der Waals surface area contributed by atoms with Crippen molar-refractivity contribution in [3.05, 3.63) is 47.4 Å². The molecule has 0 saturated carbocycles. The van der Waals surface area contributed by atoms with E-state index in [1.165, 1.54) is 11.9 Å². The molecule has 0 spiro atoms. The fraction of sp³-hybridized carbons (Fsp3) is 0.294. The smallest absolute Gasteiger partial charge is 0.240 e. The summed E-state index contributed by atoms with van der Waals surface area (Å²) >= 11 is 0. The molecule has 4 rings (SSSR count). The maximum Gasteiger partial charge on any atom is 0.240 e. The molecule has 0 radical (unpaired) electrons. The number of ether oxygens (including phenoxy) is 2. The largest absolute Gasteiger partial charge is 0.464 e. The second-order valence-corrected chi connectivity index (χ2v) is 5.65. The minimum absolute atomic E-state index is 0.111. The highest BCUT2D eigenvalue weighted by atomic mass is 16.7. The predicted octanol–water partition coefficient (Wildman–Crippen LogP) is 3.01. The van der Waals surface area contributed by atoms with Crippen molar-refractivity contribution in [3.8, 4) is 11.5 Å². The van der Waals surface area contributed by atoms with E-state index in [0.717, 1.165) is 28.5 Å². The minimum atomic E-state index is -0.207. The van der Waals surface area contributed by atoms with E-state index in [9.17, 15) is 4.79 Å². The molecule has 2 aliphatic heterocycles. The quantitative estimate of drug-likeness (QED) is 0.855. The molecule has 23 heavy (non-hydrogen) atoms. The zero-order chi connectivity index (χ0) is 16.0. The number of carbonyl (C=O) groups is 1. The van der Waals surface area contributed by atoms with Crippen molar-refractivity contribution in [1.29, 1.82) is 0 Å². The fourth-order valence-electron chi connectivity index (χ4n) is 2.91. The lowest BCUT2D eigenvalue weighted by molar-refractivity contribution is -0.130. The molecular formula is C17H16N2O4. The molecule has 2 aromatic rings. The Morgan fingerprint density at radius 2 is 2.04 bits per heavy atom. The van der Waals surface area contributed by atoms with Crippen molar-refractivity contribution < 1.29 is 18.7 Å². The number of furan rings is 1. The SMILES string of the molecule is CC(=O)N1N=C(c2ccc3c(c2)OCO3)CC1c1ccc(C)o1. The lowest BCUT2D eigenvalue weighted by Crippen LogP contribution is -2.23. The van der Waals surface area contributed by atoms with Crippen LogP contribution in [0.4, 0.5) is 0 Å². The van der Waals surface area contributed by atoms with Crippen LogP contribution in [0.25, 0.3) is 0 Å². The van der Waals surface area contributed by atoms with Gasteiger partial charge >= 0.3 is 0 Å². The van der Waals surface area contributed by atoms with Crippen molar-refractivity contribution in [2.45, 2.75) is 26.3 Å². The number of aryl methyl sites for hydroxylation is 1. The second kappa shape index (κ2) is 5.15. The summed E-state index contributed by atoms with van der Waals surface area (Å²) in [6, 6.07) is 9.28. The number of hydrazone groups is 1. The van der Waals surface area contributed by atoms with Gasteiger partial charge in [0.25, 0.3) is 0 Å². The molecule has 3 heterocycles.